The fourth-order valence-electron chi connectivity index (χ4n) is 1.75. The molecule has 16 heavy (non-hydrogen) atoms. The van der Waals surface area contributed by atoms with Gasteiger partial charge in [0.05, 0.1) is 11.0 Å². The maximum atomic E-state index is 9.04. The normalized spacial score (nSPS) is 11.1. The summed E-state index contributed by atoms with van der Waals surface area (Å²) in [6.07, 6.45) is 3.14. The molecule has 0 aliphatic carbocycles. The first-order valence-electron chi connectivity index (χ1n) is 4.84. The van der Waals surface area contributed by atoms with Crippen LogP contribution in [0.25, 0.3) is 22.1 Å². The first-order chi connectivity index (χ1) is 7.75. The van der Waals surface area contributed by atoms with Crippen LogP contribution in [0.15, 0.2) is 30.6 Å². The Morgan fingerprint density at radius 1 is 1.12 bits per heavy atom. The molecule has 0 amide bonds. The van der Waals surface area contributed by atoms with Crippen molar-refractivity contribution >= 4 is 34.6 Å². The van der Waals surface area contributed by atoms with Gasteiger partial charge in [0.2, 0.25) is 0 Å². The third-order valence-electron chi connectivity index (χ3n) is 2.51. The zero-order valence-corrected chi connectivity index (χ0v) is 8.25. The second-order valence-electron chi connectivity index (χ2n) is 3.56. The molecule has 0 fully saturated rings. The fourth-order valence-corrected chi connectivity index (χ4v) is 1.75. The fraction of sp³-hybridized carbons (Fsp3) is 0. The minimum Gasteiger partial charge on any atom is -0.423 e. The standard InChI is InChI=1S/C10H8BN3O2/c15-11(16)6-4-8-10(13-5-6)9-7(14-8)2-1-3-12-9/h1-5,14-16H. The van der Waals surface area contributed by atoms with E-state index in [2.05, 4.69) is 15.0 Å². The van der Waals surface area contributed by atoms with Crippen molar-refractivity contribution in [3.05, 3.63) is 30.6 Å². The lowest BCUT2D eigenvalue weighted by atomic mass is 9.81. The van der Waals surface area contributed by atoms with Gasteiger partial charge >= 0.3 is 7.12 Å². The lowest BCUT2D eigenvalue weighted by molar-refractivity contribution is 0.425. The van der Waals surface area contributed by atoms with Crippen LogP contribution in [0.4, 0.5) is 0 Å². The Morgan fingerprint density at radius 2 is 1.94 bits per heavy atom. The molecule has 0 spiro atoms. The third kappa shape index (κ3) is 1.28. The van der Waals surface area contributed by atoms with E-state index < -0.39 is 7.12 Å². The van der Waals surface area contributed by atoms with Gasteiger partial charge in [-0.05, 0) is 18.2 Å². The van der Waals surface area contributed by atoms with E-state index in [9.17, 15) is 0 Å². The zero-order chi connectivity index (χ0) is 11.1. The smallest absolute Gasteiger partial charge is 0.423 e. The Labute approximate surface area is 90.9 Å². The molecule has 3 heterocycles. The number of hydrogen-bond donors (Lipinski definition) is 3. The van der Waals surface area contributed by atoms with Crippen molar-refractivity contribution in [2.45, 2.75) is 0 Å². The zero-order valence-electron chi connectivity index (χ0n) is 8.25. The van der Waals surface area contributed by atoms with Gasteiger partial charge in [-0.1, -0.05) is 0 Å². The second kappa shape index (κ2) is 3.29. The van der Waals surface area contributed by atoms with Gasteiger partial charge in [0.15, 0.2) is 0 Å². The molecule has 6 heteroatoms. The Bertz CT molecular complexity index is 665. The Hall–Kier alpha value is -1.92. The number of hydrogen-bond acceptors (Lipinski definition) is 4. The van der Waals surface area contributed by atoms with Gasteiger partial charge < -0.3 is 15.0 Å². The van der Waals surface area contributed by atoms with Crippen LogP contribution in [-0.4, -0.2) is 32.1 Å². The summed E-state index contributed by atoms with van der Waals surface area (Å²) in [5, 5.41) is 18.1. The largest absolute Gasteiger partial charge is 0.490 e. The maximum Gasteiger partial charge on any atom is 0.490 e. The van der Waals surface area contributed by atoms with E-state index >= 15 is 0 Å². The third-order valence-corrected chi connectivity index (χ3v) is 2.51. The number of nitrogens with zero attached hydrogens (tertiary/aromatic N) is 2. The molecular weight excluding hydrogens is 205 g/mol. The summed E-state index contributed by atoms with van der Waals surface area (Å²) >= 11 is 0. The number of H-pyrrole nitrogens is 1. The van der Waals surface area contributed by atoms with Gasteiger partial charge in [-0.25, -0.2) is 0 Å². The average molecular weight is 213 g/mol. The first kappa shape index (κ1) is 9.32. The SMILES string of the molecule is OB(O)c1cnc2c(c1)[nH]c1cccnc12. The molecule has 3 aromatic rings. The second-order valence-corrected chi connectivity index (χ2v) is 3.56. The molecule has 0 unspecified atom stereocenters. The van der Waals surface area contributed by atoms with Crippen molar-refractivity contribution in [1.82, 2.24) is 15.0 Å². The molecule has 0 radical (unpaired) electrons. The average Bonchev–Trinajstić information content (AvgIpc) is 2.66. The van der Waals surface area contributed by atoms with E-state index in [1.807, 2.05) is 12.1 Å². The Morgan fingerprint density at radius 3 is 2.75 bits per heavy atom. The Balaban J connectivity index is 2.37. The highest BCUT2D eigenvalue weighted by Crippen LogP contribution is 2.19. The molecule has 0 atom stereocenters. The van der Waals surface area contributed by atoms with Crippen molar-refractivity contribution in [2.24, 2.45) is 0 Å². The minimum absolute atomic E-state index is 0.360. The molecule has 0 aromatic carbocycles. The molecule has 0 aliphatic rings. The number of aromatic nitrogens is 3. The lowest BCUT2D eigenvalue weighted by Crippen LogP contribution is -2.29. The van der Waals surface area contributed by atoms with Crippen LogP contribution in [0.5, 0.6) is 0 Å². The highest BCUT2D eigenvalue weighted by Gasteiger charge is 2.14. The summed E-state index contributed by atoms with van der Waals surface area (Å²) in [4.78, 5) is 11.5. The summed E-state index contributed by atoms with van der Waals surface area (Å²) in [5.74, 6) is 0. The van der Waals surface area contributed by atoms with Gasteiger partial charge in [0.1, 0.15) is 11.0 Å². The molecule has 0 saturated heterocycles. The summed E-state index contributed by atoms with van der Waals surface area (Å²) < 4.78 is 0. The van der Waals surface area contributed by atoms with E-state index in [1.54, 1.807) is 12.3 Å². The molecule has 0 bridgehead atoms. The van der Waals surface area contributed by atoms with Crippen molar-refractivity contribution in [2.75, 3.05) is 0 Å². The lowest BCUT2D eigenvalue weighted by Gasteiger charge is -1.97. The summed E-state index contributed by atoms with van der Waals surface area (Å²) in [6, 6.07) is 5.40. The van der Waals surface area contributed by atoms with Gasteiger partial charge in [-0.15, -0.1) is 0 Å². The van der Waals surface area contributed by atoms with Crippen molar-refractivity contribution in [1.29, 1.82) is 0 Å². The number of aromatic amines is 1. The molecule has 3 N–H and O–H groups in total. The quantitative estimate of drug-likeness (QED) is 0.488. The summed E-state index contributed by atoms with van der Waals surface area (Å²) in [6.45, 7) is 0. The molecule has 78 valence electrons. The monoisotopic (exact) mass is 213 g/mol. The molecular formula is C10H8BN3O2. The molecule has 3 rings (SSSR count). The van der Waals surface area contributed by atoms with Crippen LogP contribution in [0.2, 0.25) is 0 Å². The van der Waals surface area contributed by atoms with E-state index in [1.165, 1.54) is 6.20 Å². The van der Waals surface area contributed by atoms with Crippen molar-refractivity contribution in [3.63, 3.8) is 0 Å². The molecule has 0 aliphatic heterocycles. The maximum absolute atomic E-state index is 9.04. The van der Waals surface area contributed by atoms with Crippen LogP contribution < -0.4 is 5.46 Å². The van der Waals surface area contributed by atoms with E-state index in [0.717, 1.165) is 22.1 Å². The van der Waals surface area contributed by atoms with E-state index in [-0.39, 0.29) is 0 Å². The highest BCUT2D eigenvalue weighted by atomic mass is 16.4. The van der Waals surface area contributed by atoms with Crippen molar-refractivity contribution < 1.29 is 10.0 Å². The minimum atomic E-state index is -1.50. The van der Waals surface area contributed by atoms with Crippen LogP contribution >= 0.6 is 0 Å². The van der Waals surface area contributed by atoms with Gasteiger partial charge in [0, 0.05) is 17.9 Å². The first-order valence-corrected chi connectivity index (χ1v) is 4.84. The van der Waals surface area contributed by atoms with Crippen LogP contribution in [0.3, 0.4) is 0 Å². The van der Waals surface area contributed by atoms with Crippen LogP contribution in [-0.2, 0) is 0 Å². The molecule has 5 nitrogen and oxygen atoms in total. The van der Waals surface area contributed by atoms with Gasteiger partial charge in [-0.3, -0.25) is 9.97 Å². The highest BCUT2D eigenvalue weighted by molar-refractivity contribution is 6.58. The number of pyridine rings is 2. The number of rotatable bonds is 1. The van der Waals surface area contributed by atoms with E-state index in [0.29, 0.717) is 5.46 Å². The van der Waals surface area contributed by atoms with Crippen LogP contribution in [0.1, 0.15) is 0 Å². The predicted molar refractivity (Wildman–Crippen MR) is 61.2 cm³/mol. The van der Waals surface area contributed by atoms with Crippen LogP contribution in [0, 0.1) is 0 Å². The topological polar surface area (TPSA) is 82.0 Å². The van der Waals surface area contributed by atoms with Crippen molar-refractivity contribution in [3.8, 4) is 0 Å². The Kier molecular flexibility index (Phi) is 1.92. The summed E-state index contributed by atoms with van der Waals surface area (Å²) in [7, 11) is -1.50. The summed E-state index contributed by atoms with van der Waals surface area (Å²) in [5.41, 5.74) is 3.52. The molecule has 0 saturated carbocycles. The van der Waals surface area contributed by atoms with Gasteiger partial charge in [-0.2, -0.15) is 0 Å². The molecule has 3 aromatic heterocycles. The van der Waals surface area contributed by atoms with E-state index in [4.69, 9.17) is 10.0 Å². The number of nitrogens with one attached hydrogen (secondary N) is 1. The van der Waals surface area contributed by atoms with Gasteiger partial charge in [0.25, 0.3) is 0 Å². The predicted octanol–water partition coefficient (Wildman–Crippen LogP) is -0.209. The number of fused-ring (bicyclic) bond motifs is 3.